The second kappa shape index (κ2) is 10.9. The Hall–Kier alpha value is -2.91. The predicted molar refractivity (Wildman–Crippen MR) is 138 cm³/mol. The van der Waals surface area contributed by atoms with Crippen LogP contribution in [0.1, 0.15) is 6.42 Å². The second-order valence-electron chi connectivity index (χ2n) is 7.79. The van der Waals surface area contributed by atoms with E-state index in [1.54, 1.807) is 0 Å². The van der Waals surface area contributed by atoms with Gasteiger partial charge >= 0.3 is 0 Å². The summed E-state index contributed by atoms with van der Waals surface area (Å²) in [5, 5.41) is 2.60. The zero-order valence-electron chi connectivity index (χ0n) is 18.2. The van der Waals surface area contributed by atoms with Crippen molar-refractivity contribution in [2.45, 2.75) is 11.3 Å². The van der Waals surface area contributed by atoms with Gasteiger partial charge in [0, 0.05) is 43.0 Å². The van der Waals surface area contributed by atoms with Crippen molar-refractivity contribution < 1.29 is 0 Å². The molecule has 0 N–H and O–H groups in total. The summed E-state index contributed by atoms with van der Waals surface area (Å²) < 4.78 is 0. The standard InChI is InChI=1S/C28H30N2S/c1-29(26-13-4-2-5-14-26)20-21-30(19-10-22-31-28-15-6-3-7-16-28)27-18-17-24-11-8-9-12-25(24)23-27/h2-9,11-18,23H,10,19-22H2,1H3. The molecule has 4 aromatic carbocycles. The van der Waals surface area contributed by atoms with E-state index in [9.17, 15) is 0 Å². The lowest BCUT2D eigenvalue weighted by Crippen LogP contribution is -2.34. The first-order valence-electron chi connectivity index (χ1n) is 11.0. The first-order valence-corrected chi connectivity index (χ1v) is 12.0. The van der Waals surface area contributed by atoms with E-state index in [1.807, 2.05) is 11.8 Å². The Morgan fingerprint density at radius 3 is 2.06 bits per heavy atom. The van der Waals surface area contributed by atoms with Crippen molar-refractivity contribution >= 4 is 33.9 Å². The van der Waals surface area contributed by atoms with Crippen LogP contribution in [0.15, 0.2) is 108 Å². The molecular weight excluding hydrogens is 396 g/mol. The molecule has 0 aromatic heterocycles. The van der Waals surface area contributed by atoms with Gasteiger partial charge in [0.25, 0.3) is 0 Å². The third-order valence-corrected chi connectivity index (χ3v) is 6.68. The predicted octanol–water partition coefficient (Wildman–Crippen LogP) is 6.97. The molecule has 4 aromatic rings. The van der Waals surface area contributed by atoms with Crippen LogP contribution in [0.2, 0.25) is 0 Å². The summed E-state index contributed by atoms with van der Waals surface area (Å²) in [4.78, 5) is 6.23. The highest BCUT2D eigenvalue weighted by atomic mass is 32.2. The number of fused-ring (bicyclic) bond motifs is 1. The van der Waals surface area contributed by atoms with Crippen LogP contribution in [-0.4, -0.2) is 32.4 Å². The SMILES string of the molecule is CN(CCN(CCCSc1ccccc1)c1ccc2ccccc2c1)c1ccccc1. The third kappa shape index (κ3) is 6.05. The van der Waals surface area contributed by atoms with Gasteiger partial charge in [-0.1, -0.05) is 66.7 Å². The van der Waals surface area contributed by atoms with E-state index in [2.05, 4.69) is 120 Å². The summed E-state index contributed by atoms with van der Waals surface area (Å²) in [5.41, 5.74) is 2.57. The summed E-state index contributed by atoms with van der Waals surface area (Å²) in [6.07, 6.45) is 1.15. The highest BCUT2D eigenvalue weighted by Gasteiger charge is 2.10. The maximum absolute atomic E-state index is 2.54. The largest absolute Gasteiger partial charge is 0.373 e. The molecule has 0 unspecified atom stereocenters. The van der Waals surface area contributed by atoms with E-state index in [4.69, 9.17) is 0 Å². The molecule has 0 radical (unpaired) electrons. The number of para-hydroxylation sites is 1. The Morgan fingerprint density at radius 1 is 0.613 bits per heavy atom. The lowest BCUT2D eigenvalue weighted by Gasteiger charge is -2.29. The number of nitrogens with zero attached hydrogens (tertiary/aromatic N) is 2. The maximum atomic E-state index is 2.54. The van der Waals surface area contributed by atoms with Crippen LogP contribution in [0.25, 0.3) is 10.8 Å². The van der Waals surface area contributed by atoms with Crippen LogP contribution in [0.5, 0.6) is 0 Å². The van der Waals surface area contributed by atoms with Crippen LogP contribution in [0, 0.1) is 0 Å². The van der Waals surface area contributed by atoms with Crippen molar-refractivity contribution in [3.8, 4) is 0 Å². The Morgan fingerprint density at radius 2 is 1.29 bits per heavy atom. The van der Waals surface area contributed by atoms with Gasteiger partial charge in [-0.2, -0.15) is 0 Å². The summed E-state index contributed by atoms with van der Waals surface area (Å²) in [7, 11) is 2.18. The molecule has 0 bridgehead atoms. The van der Waals surface area contributed by atoms with Gasteiger partial charge in [-0.25, -0.2) is 0 Å². The Bertz CT molecular complexity index is 1070. The first-order chi connectivity index (χ1) is 15.3. The molecule has 0 heterocycles. The minimum absolute atomic E-state index is 0.989. The van der Waals surface area contributed by atoms with Gasteiger partial charge in [-0.3, -0.25) is 0 Å². The van der Waals surface area contributed by atoms with Gasteiger partial charge in [0.1, 0.15) is 0 Å². The van der Waals surface area contributed by atoms with Gasteiger partial charge in [-0.15, -0.1) is 11.8 Å². The van der Waals surface area contributed by atoms with Gasteiger partial charge in [0.2, 0.25) is 0 Å². The number of likely N-dealkylation sites (N-methyl/N-ethyl adjacent to an activating group) is 1. The molecule has 0 atom stereocenters. The van der Waals surface area contributed by atoms with Crippen molar-refractivity contribution in [1.29, 1.82) is 0 Å². The van der Waals surface area contributed by atoms with E-state index in [0.29, 0.717) is 0 Å². The van der Waals surface area contributed by atoms with Crippen LogP contribution < -0.4 is 9.80 Å². The van der Waals surface area contributed by atoms with Gasteiger partial charge in [0.15, 0.2) is 0 Å². The number of hydrogen-bond donors (Lipinski definition) is 0. The molecule has 0 spiro atoms. The van der Waals surface area contributed by atoms with Crippen molar-refractivity contribution in [3.63, 3.8) is 0 Å². The number of anilines is 2. The van der Waals surface area contributed by atoms with E-state index in [-0.39, 0.29) is 0 Å². The summed E-state index contributed by atoms with van der Waals surface area (Å²) in [5.74, 6) is 1.13. The molecule has 0 aliphatic rings. The lowest BCUT2D eigenvalue weighted by atomic mass is 10.1. The van der Waals surface area contributed by atoms with Crippen molar-refractivity contribution in [2.75, 3.05) is 42.2 Å². The van der Waals surface area contributed by atoms with Gasteiger partial charge in [-0.05, 0) is 59.3 Å². The summed E-state index contributed by atoms with van der Waals surface area (Å²) in [6.45, 7) is 3.04. The fourth-order valence-electron chi connectivity index (χ4n) is 3.79. The average Bonchev–Trinajstić information content (AvgIpc) is 2.84. The molecule has 0 aliphatic heterocycles. The molecule has 4 rings (SSSR count). The molecule has 0 aliphatic carbocycles. The molecule has 0 saturated heterocycles. The zero-order chi connectivity index (χ0) is 21.3. The molecule has 2 nitrogen and oxygen atoms in total. The van der Waals surface area contributed by atoms with Crippen LogP contribution >= 0.6 is 11.8 Å². The number of benzene rings is 4. The minimum atomic E-state index is 0.989. The Balaban J connectivity index is 1.42. The van der Waals surface area contributed by atoms with E-state index >= 15 is 0 Å². The molecule has 31 heavy (non-hydrogen) atoms. The third-order valence-electron chi connectivity index (χ3n) is 5.58. The fourth-order valence-corrected chi connectivity index (χ4v) is 4.65. The second-order valence-corrected chi connectivity index (χ2v) is 8.96. The van der Waals surface area contributed by atoms with Gasteiger partial charge in [0.05, 0.1) is 0 Å². The number of hydrogen-bond acceptors (Lipinski definition) is 3. The Kier molecular flexibility index (Phi) is 7.51. The first kappa shape index (κ1) is 21.3. The molecule has 0 saturated carbocycles. The zero-order valence-corrected chi connectivity index (χ0v) is 19.0. The highest BCUT2D eigenvalue weighted by Crippen LogP contribution is 2.24. The fraction of sp³-hybridized carbons (Fsp3) is 0.214. The van der Waals surface area contributed by atoms with E-state index < -0.39 is 0 Å². The normalized spacial score (nSPS) is 10.9. The van der Waals surface area contributed by atoms with Gasteiger partial charge < -0.3 is 9.80 Å². The average molecular weight is 427 g/mol. The van der Waals surface area contributed by atoms with Crippen LogP contribution in [-0.2, 0) is 0 Å². The Labute approximate surface area is 190 Å². The monoisotopic (exact) mass is 426 g/mol. The quantitative estimate of drug-likeness (QED) is 0.200. The number of thioether (sulfide) groups is 1. The van der Waals surface area contributed by atoms with Crippen LogP contribution in [0.4, 0.5) is 11.4 Å². The van der Waals surface area contributed by atoms with Crippen LogP contribution in [0.3, 0.4) is 0 Å². The van der Waals surface area contributed by atoms with E-state index in [1.165, 1.54) is 27.0 Å². The topological polar surface area (TPSA) is 6.48 Å². The molecule has 158 valence electrons. The van der Waals surface area contributed by atoms with Crippen molar-refractivity contribution in [3.05, 3.63) is 103 Å². The molecule has 0 amide bonds. The smallest absolute Gasteiger partial charge is 0.0373 e. The lowest BCUT2D eigenvalue weighted by molar-refractivity contribution is 0.748. The van der Waals surface area contributed by atoms with Crippen molar-refractivity contribution in [2.24, 2.45) is 0 Å². The maximum Gasteiger partial charge on any atom is 0.0373 e. The molecule has 0 fully saturated rings. The minimum Gasteiger partial charge on any atom is -0.373 e. The molecular formula is C28H30N2S. The summed E-state index contributed by atoms with van der Waals surface area (Å²) >= 11 is 1.94. The molecule has 3 heteroatoms. The highest BCUT2D eigenvalue weighted by molar-refractivity contribution is 7.99. The number of rotatable bonds is 10. The summed E-state index contributed by atoms with van der Waals surface area (Å²) in [6, 6.07) is 36.8. The van der Waals surface area contributed by atoms with Crippen molar-refractivity contribution in [1.82, 2.24) is 0 Å². The van der Waals surface area contributed by atoms with E-state index in [0.717, 1.165) is 31.8 Å².